The van der Waals surface area contributed by atoms with Crippen LogP contribution in [0, 0.1) is 5.92 Å². The molecule has 0 fully saturated rings. The SMILES string of the molecule is O=C(CC(CS(=O)(=O)O)C(=O)OCCF)OCF. The van der Waals surface area contributed by atoms with E-state index in [0.717, 1.165) is 0 Å². The molecule has 0 aromatic rings. The molecule has 106 valence electrons. The minimum Gasteiger partial charge on any atom is -0.463 e. The summed E-state index contributed by atoms with van der Waals surface area (Å²) in [6, 6.07) is 0. The highest BCUT2D eigenvalue weighted by atomic mass is 32.2. The Labute approximate surface area is 102 Å². The molecule has 0 radical (unpaired) electrons. The quantitative estimate of drug-likeness (QED) is 0.490. The first-order chi connectivity index (χ1) is 8.30. The van der Waals surface area contributed by atoms with Crippen molar-refractivity contribution in [1.82, 2.24) is 0 Å². The standard InChI is InChI=1S/C8H12F2O7S/c9-1-2-16-8(12)6(4-18(13,14)15)3-7(11)17-5-10/h6H,1-5H2,(H,13,14,15). The molecule has 1 atom stereocenters. The Balaban J connectivity index is 4.61. The van der Waals surface area contributed by atoms with Crippen LogP contribution in [0.3, 0.4) is 0 Å². The summed E-state index contributed by atoms with van der Waals surface area (Å²) < 4.78 is 61.4. The van der Waals surface area contributed by atoms with Crippen LogP contribution in [-0.4, -0.2) is 50.8 Å². The largest absolute Gasteiger partial charge is 0.463 e. The number of halogens is 2. The van der Waals surface area contributed by atoms with Gasteiger partial charge in [-0.3, -0.25) is 14.1 Å². The molecule has 0 rings (SSSR count). The summed E-state index contributed by atoms with van der Waals surface area (Å²) in [5.41, 5.74) is 0. The predicted octanol–water partition coefficient (Wildman–Crippen LogP) is -0.137. The Morgan fingerprint density at radius 1 is 1.22 bits per heavy atom. The van der Waals surface area contributed by atoms with Gasteiger partial charge >= 0.3 is 11.9 Å². The van der Waals surface area contributed by atoms with Crippen LogP contribution in [0.5, 0.6) is 0 Å². The summed E-state index contributed by atoms with van der Waals surface area (Å²) in [6.07, 6.45) is -0.797. The summed E-state index contributed by atoms with van der Waals surface area (Å²) >= 11 is 0. The van der Waals surface area contributed by atoms with E-state index in [-0.39, 0.29) is 0 Å². The molecule has 0 aliphatic carbocycles. The Hall–Kier alpha value is -1.29. The van der Waals surface area contributed by atoms with Crippen molar-refractivity contribution in [2.24, 2.45) is 5.92 Å². The summed E-state index contributed by atoms with van der Waals surface area (Å²) in [6.45, 7) is -3.03. The third kappa shape index (κ3) is 7.90. The van der Waals surface area contributed by atoms with Gasteiger partial charge in [0.05, 0.1) is 18.1 Å². The number of alkyl halides is 2. The number of carbonyl (C=O) groups is 2. The first kappa shape index (κ1) is 16.7. The van der Waals surface area contributed by atoms with Crippen molar-refractivity contribution in [3.8, 4) is 0 Å². The van der Waals surface area contributed by atoms with Crippen LogP contribution in [0.25, 0.3) is 0 Å². The van der Waals surface area contributed by atoms with Crippen molar-refractivity contribution in [2.75, 3.05) is 25.9 Å². The van der Waals surface area contributed by atoms with Gasteiger partial charge in [0.25, 0.3) is 10.1 Å². The molecule has 0 saturated heterocycles. The first-order valence-corrected chi connectivity index (χ1v) is 6.30. The lowest BCUT2D eigenvalue weighted by Crippen LogP contribution is -2.29. The zero-order valence-corrected chi connectivity index (χ0v) is 9.99. The first-order valence-electron chi connectivity index (χ1n) is 4.69. The van der Waals surface area contributed by atoms with Crippen LogP contribution < -0.4 is 0 Å². The van der Waals surface area contributed by atoms with Crippen LogP contribution in [-0.2, 0) is 29.2 Å². The van der Waals surface area contributed by atoms with Crippen molar-refractivity contribution in [3.63, 3.8) is 0 Å². The fraction of sp³-hybridized carbons (Fsp3) is 0.750. The minimum atomic E-state index is -4.55. The van der Waals surface area contributed by atoms with Gasteiger partial charge in [0.15, 0.2) is 0 Å². The van der Waals surface area contributed by atoms with Crippen molar-refractivity contribution >= 4 is 22.1 Å². The molecule has 0 bridgehead atoms. The molecule has 0 amide bonds. The lowest BCUT2D eigenvalue weighted by Gasteiger charge is -2.12. The van der Waals surface area contributed by atoms with Crippen LogP contribution in [0.1, 0.15) is 6.42 Å². The monoisotopic (exact) mass is 290 g/mol. The van der Waals surface area contributed by atoms with E-state index in [1.54, 1.807) is 0 Å². The lowest BCUT2D eigenvalue weighted by molar-refractivity contribution is -0.156. The predicted molar refractivity (Wildman–Crippen MR) is 53.5 cm³/mol. The van der Waals surface area contributed by atoms with Crippen molar-refractivity contribution in [2.45, 2.75) is 6.42 Å². The number of hydrogen-bond donors (Lipinski definition) is 1. The van der Waals surface area contributed by atoms with Gasteiger partial charge in [0, 0.05) is 0 Å². The number of esters is 2. The molecule has 0 aliphatic heterocycles. The van der Waals surface area contributed by atoms with Gasteiger partial charge in [-0.15, -0.1) is 0 Å². The molecule has 0 aromatic carbocycles. The number of ether oxygens (including phenoxy) is 2. The normalized spacial score (nSPS) is 12.8. The van der Waals surface area contributed by atoms with E-state index in [9.17, 15) is 26.8 Å². The Morgan fingerprint density at radius 3 is 2.28 bits per heavy atom. The highest BCUT2D eigenvalue weighted by Crippen LogP contribution is 2.10. The maximum absolute atomic E-state index is 11.8. The van der Waals surface area contributed by atoms with Gasteiger partial charge in [-0.25, -0.2) is 8.78 Å². The molecule has 10 heteroatoms. The van der Waals surface area contributed by atoms with E-state index in [1.807, 2.05) is 0 Å². The molecule has 7 nitrogen and oxygen atoms in total. The number of carbonyl (C=O) groups excluding carboxylic acids is 2. The molecular weight excluding hydrogens is 278 g/mol. The highest BCUT2D eigenvalue weighted by Gasteiger charge is 2.29. The minimum absolute atomic E-state index is 0.612. The second-order valence-corrected chi connectivity index (χ2v) is 4.63. The second-order valence-electron chi connectivity index (χ2n) is 3.13. The average molecular weight is 290 g/mol. The summed E-state index contributed by atoms with van der Waals surface area (Å²) in [5, 5.41) is 0. The molecule has 0 heterocycles. The molecular formula is C8H12F2O7S. The molecule has 0 aliphatic rings. The summed E-state index contributed by atoms with van der Waals surface area (Å²) in [4.78, 5) is 22.2. The van der Waals surface area contributed by atoms with E-state index in [2.05, 4.69) is 9.47 Å². The van der Waals surface area contributed by atoms with Crippen LogP contribution in [0.4, 0.5) is 8.78 Å². The average Bonchev–Trinajstić information content (AvgIpc) is 2.23. The van der Waals surface area contributed by atoms with Gasteiger partial charge < -0.3 is 9.47 Å². The molecule has 1 unspecified atom stereocenters. The van der Waals surface area contributed by atoms with Crippen LogP contribution >= 0.6 is 0 Å². The fourth-order valence-corrected chi connectivity index (χ4v) is 1.80. The fourth-order valence-electron chi connectivity index (χ4n) is 1.04. The van der Waals surface area contributed by atoms with E-state index in [1.165, 1.54) is 0 Å². The van der Waals surface area contributed by atoms with Gasteiger partial charge in [-0.2, -0.15) is 8.42 Å². The maximum atomic E-state index is 11.8. The molecule has 0 spiro atoms. The summed E-state index contributed by atoms with van der Waals surface area (Å²) in [5.74, 6) is -5.05. The third-order valence-electron chi connectivity index (χ3n) is 1.70. The van der Waals surface area contributed by atoms with E-state index < -0.39 is 60.3 Å². The third-order valence-corrected chi connectivity index (χ3v) is 2.52. The van der Waals surface area contributed by atoms with Crippen molar-refractivity contribution in [3.05, 3.63) is 0 Å². The van der Waals surface area contributed by atoms with Crippen molar-refractivity contribution < 1.29 is 40.8 Å². The summed E-state index contributed by atoms with van der Waals surface area (Å²) in [7, 11) is -4.55. The van der Waals surface area contributed by atoms with Gasteiger partial charge in [-0.1, -0.05) is 0 Å². The van der Waals surface area contributed by atoms with Crippen LogP contribution in [0.15, 0.2) is 0 Å². The second kappa shape index (κ2) is 7.93. The number of hydrogen-bond acceptors (Lipinski definition) is 6. The topological polar surface area (TPSA) is 107 Å². The number of rotatable bonds is 8. The zero-order chi connectivity index (χ0) is 14.2. The van der Waals surface area contributed by atoms with E-state index >= 15 is 0 Å². The molecule has 0 aromatic heterocycles. The zero-order valence-electron chi connectivity index (χ0n) is 9.17. The molecule has 0 saturated carbocycles. The molecule has 1 N–H and O–H groups in total. The maximum Gasteiger partial charge on any atom is 0.310 e. The van der Waals surface area contributed by atoms with E-state index in [4.69, 9.17) is 4.55 Å². The van der Waals surface area contributed by atoms with Crippen LogP contribution in [0.2, 0.25) is 0 Å². The smallest absolute Gasteiger partial charge is 0.310 e. The van der Waals surface area contributed by atoms with Gasteiger partial charge in [0.1, 0.15) is 13.3 Å². The highest BCUT2D eigenvalue weighted by molar-refractivity contribution is 7.85. The van der Waals surface area contributed by atoms with Gasteiger partial charge in [0.2, 0.25) is 6.86 Å². The Bertz CT molecular complexity index is 381. The van der Waals surface area contributed by atoms with E-state index in [0.29, 0.717) is 0 Å². The Morgan fingerprint density at radius 2 is 1.83 bits per heavy atom. The van der Waals surface area contributed by atoms with Crippen molar-refractivity contribution in [1.29, 1.82) is 0 Å². The van der Waals surface area contributed by atoms with Gasteiger partial charge in [-0.05, 0) is 0 Å². The lowest BCUT2D eigenvalue weighted by atomic mass is 10.1. The Kier molecular flexibility index (Phi) is 7.36. The molecule has 18 heavy (non-hydrogen) atoms.